The lowest BCUT2D eigenvalue weighted by atomic mass is 10.2. The number of aromatic nitrogens is 4. The van der Waals surface area contributed by atoms with Gasteiger partial charge in [0.1, 0.15) is 0 Å². The van der Waals surface area contributed by atoms with Gasteiger partial charge in [-0.2, -0.15) is 4.68 Å². The molecule has 1 amide bonds. The molecule has 9 nitrogen and oxygen atoms in total. The van der Waals surface area contributed by atoms with Gasteiger partial charge in [0.25, 0.3) is 5.91 Å². The second-order valence-corrected chi connectivity index (χ2v) is 7.46. The first kappa shape index (κ1) is 22.7. The van der Waals surface area contributed by atoms with Gasteiger partial charge in [0.05, 0.1) is 0 Å². The Bertz CT molecular complexity index is 1090. The molecule has 1 aromatic heterocycles. The average Bonchev–Trinajstić information content (AvgIpc) is 3.22. The van der Waals surface area contributed by atoms with Crippen LogP contribution in [0.3, 0.4) is 0 Å². The number of rotatable bonds is 8. The van der Waals surface area contributed by atoms with Crippen molar-refractivity contribution in [3.05, 3.63) is 71.5 Å². The van der Waals surface area contributed by atoms with Gasteiger partial charge in [-0.3, -0.25) is 4.79 Å². The fourth-order valence-electron chi connectivity index (χ4n) is 2.94. The van der Waals surface area contributed by atoms with Crippen LogP contribution in [0.15, 0.2) is 54.6 Å². The van der Waals surface area contributed by atoms with Crippen LogP contribution in [0.25, 0.3) is 11.8 Å². The molecule has 0 atom stereocenters. The lowest BCUT2D eigenvalue weighted by Crippen LogP contribution is -2.31. The number of likely N-dealkylation sites (N-methyl/N-ethyl adjacent to an activating group) is 1. The zero-order valence-corrected chi connectivity index (χ0v) is 18.6. The molecule has 0 N–H and O–H groups in total. The molecular formula is C23H26N6O3. The number of benzene rings is 2. The second-order valence-electron chi connectivity index (χ2n) is 7.46. The largest absolute Gasteiger partial charge is 0.451 e. The summed E-state index contributed by atoms with van der Waals surface area (Å²) in [6, 6.07) is 17.2. The second kappa shape index (κ2) is 10.3. The minimum atomic E-state index is -0.693. The fourth-order valence-corrected chi connectivity index (χ4v) is 2.94. The highest BCUT2D eigenvalue weighted by atomic mass is 16.5. The average molecular weight is 435 g/mol. The number of ether oxygens (including phenoxy) is 1. The number of aryl methyl sites for hydroxylation is 1. The maximum atomic E-state index is 12.8. The van der Waals surface area contributed by atoms with Gasteiger partial charge >= 0.3 is 5.97 Å². The van der Waals surface area contributed by atoms with Crippen molar-refractivity contribution >= 4 is 29.3 Å². The normalized spacial score (nSPS) is 11.2. The van der Waals surface area contributed by atoms with E-state index in [4.69, 9.17) is 4.74 Å². The SMILES string of the molecule is Cc1nnnn1/C(=C\c1ccccc1)C(=O)OCC(=O)N(C)Cc1ccc(N(C)C)cc1. The Labute approximate surface area is 186 Å². The summed E-state index contributed by atoms with van der Waals surface area (Å²) in [6.45, 7) is 1.69. The summed E-state index contributed by atoms with van der Waals surface area (Å²) in [5.74, 6) is -0.586. The first-order valence-electron chi connectivity index (χ1n) is 10.0. The van der Waals surface area contributed by atoms with E-state index in [9.17, 15) is 9.59 Å². The molecule has 0 spiro atoms. The van der Waals surface area contributed by atoms with Crippen LogP contribution in [0.4, 0.5) is 5.69 Å². The first-order chi connectivity index (χ1) is 15.3. The van der Waals surface area contributed by atoms with E-state index < -0.39 is 12.6 Å². The Morgan fingerprint density at radius 2 is 1.72 bits per heavy atom. The van der Waals surface area contributed by atoms with Crippen molar-refractivity contribution in [2.75, 3.05) is 32.6 Å². The topological polar surface area (TPSA) is 93.4 Å². The Kier molecular flexibility index (Phi) is 7.33. The number of hydrogen-bond donors (Lipinski definition) is 0. The van der Waals surface area contributed by atoms with Gasteiger partial charge in [-0.25, -0.2) is 4.79 Å². The van der Waals surface area contributed by atoms with Gasteiger partial charge in [0.15, 0.2) is 18.1 Å². The number of amides is 1. The van der Waals surface area contributed by atoms with Gasteiger partial charge in [-0.05, 0) is 46.7 Å². The monoisotopic (exact) mass is 434 g/mol. The van der Waals surface area contributed by atoms with Crippen molar-refractivity contribution in [1.29, 1.82) is 0 Å². The van der Waals surface area contributed by atoms with E-state index in [2.05, 4.69) is 15.5 Å². The maximum absolute atomic E-state index is 12.8. The molecule has 9 heteroatoms. The smallest absolute Gasteiger partial charge is 0.357 e. The molecule has 0 aliphatic carbocycles. The van der Waals surface area contributed by atoms with E-state index in [0.717, 1.165) is 16.8 Å². The number of tetrazole rings is 1. The lowest BCUT2D eigenvalue weighted by molar-refractivity contribution is -0.147. The minimum Gasteiger partial charge on any atom is -0.451 e. The summed E-state index contributed by atoms with van der Waals surface area (Å²) in [5, 5.41) is 11.3. The first-order valence-corrected chi connectivity index (χ1v) is 10.0. The number of carbonyl (C=O) groups excluding carboxylic acids is 2. The third-order valence-electron chi connectivity index (χ3n) is 4.79. The summed E-state index contributed by atoms with van der Waals surface area (Å²) in [6.07, 6.45) is 1.62. The van der Waals surface area contributed by atoms with E-state index in [1.54, 1.807) is 20.0 Å². The highest BCUT2D eigenvalue weighted by Crippen LogP contribution is 2.15. The molecule has 32 heavy (non-hydrogen) atoms. The van der Waals surface area contributed by atoms with Crippen LogP contribution in [0.5, 0.6) is 0 Å². The molecule has 1 heterocycles. The Morgan fingerprint density at radius 3 is 2.31 bits per heavy atom. The summed E-state index contributed by atoms with van der Waals surface area (Å²) < 4.78 is 6.59. The molecule has 0 radical (unpaired) electrons. The predicted octanol–water partition coefficient (Wildman–Crippen LogP) is 2.25. The van der Waals surface area contributed by atoms with Crippen LogP contribution >= 0.6 is 0 Å². The van der Waals surface area contributed by atoms with Crippen LogP contribution in [-0.2, 0) is 20.9 Å². The third-order valence-corrected chi connectivity index (χ3v) is 4.79. The van der Waals surface area contributed by atoms with E-state index in [0.29, 0.717) is 12.4 Å². The van der Waals surface area contributed by atoms with Crippen molar-refractivity contribution in [2.24, 2.45) is 0 Å². The van der Waals surface area contributed by atoms with Crippen molar-refractivity contribution < 1.29 is 14.3 Å². The molecule has 3 aromatic rings. The Morgan fingerprint density at radius 1 is 1.03 bits per heavy atom. The molecule has 166 valence electrons. The highest BCUT2D eigenvalue weighted by molar-refractivity contribution is 6.15. The molecule has 0 fully saturated rings. The number of esters is 1. The number of carbonyl (C=O) groups is 2. The van der Waals surface area contributed by atoms with Gasteiger partial charge in [-0.15, -0.1) is 5.10 Å². The summed E-state index contributed by atoms with van der Waals surface area (Å²) >= 11 is 0. The molecule has 0 unspecified atom stereocenters. The van der Waals surface area contributed by atoms with Crippen LogP contribution < -0.4 is 4.90 Å². The Balaban J connectivity index is 1.65. The molecular weight excluding hydrogens is 408 g/mol. The molecule has 0 saturated heterocycles. The number of anilines is 1. The van der Waals surface area contributed by atoms with E-state index in [1.807, 2.05) is 73.6 Å². The number of hydrogen-bond acceptors (Lipinski definition) is 7. The molecule has 0 aliphatic rings. The van der Waals surface area contributed by atoms with Gasteiger partial charge in [0.2, 0.25) is 0 Å². The van der Waals surface area contributed by atoms with Gasteiger partial charge in [0, 0.05) is 33.4 Å². The predicted molar refractivity (Wildman–Crippen MR) is 121 cm³/mol. The molecule has 0 bridgehead atoms. The third kappa shape index (κ3) is 5.78. The zero-order chi connectivity index (χ0) is 23.1. The van der Waals surface area contributed by atoms with Crippen LogP contribution in [0.1, 0.15) is 17.0 Å². The van der Waals surface area contributed by atoms with Gasteiger partial charge in [-0.1, -0.05) is 42.5 Å². The van der Waals surface area contributed by atoms with Gasteiger partial charge < -0.3 is 14.5 Å². The minimum absolute atomic E-state index is 0.119. The summed E-state index contributed by atoms with van der Waals surface area (Å²) in [7, 11) is 5.61. The maximum Gasteiger partial charge on any atom is 0.357 e. The number of nitrogens with zero attached hydrogens (tertiary/aromatic N) is 6. The van der Waals surface area contributed by atoms with Crippen LogP contribution in [-0.4, -0.2) is 64.7 Å². The quantitative estimate of drug-likeness (QED) is 0.396. The van der Waals surface area contributed by atoms with E-state index in [-0.39, 0.29) is 11.6 Å². The van der Waals surface area contributed by atoms with Crippen LogP contribution in [0.2, 0.25) is 0 Å². The van der Waals surface area contributed by atoms with E-state index >= 15 is 0 Å². The van der Waals surface area contributed by atoms with E-state index in [1.165, 1.54) is 9.58 Å². The Hall–Kier alpha value is -4.01. The molecule has 2 aromatic carbocycles. The zero-order valence-electron chi connectivity index (χ0n) is 18.6. The lowest BCUT2D eigenvalue weighted by Gasteiger charge is -2.18. The highest BCUT2D eigenvalue weighted by Gasteiger charge is 2.20. The fraction of sp³-hybridized carbons (Fsp3) is 0.261. The van der Waals surface area contributed by atoms with Crippen molar-refractivity contribution in [3.8, 4) is 0 Å². The molecule has 3 rings (SSSR count). The summed E-state index contributed by atoms with van der Waals surface area (Å²) in [5.41, 5.74) is 2.95. The van der Waals surface area contributed by atoms with Crippen molar-refractivity contribution in [1.82, 2.24) is 25.1 Å². The van der Waals surface area contributed by atoms with Crippen molar-refractivity contribution in [3.63, 3.8) is 0 Å². The molecule has 0 aliphatic heterocycles. The molecule has 0 saturated carbocycles. The summed E-state index contributed by atoms with van der Waals surface area (Å²) in [4.78, 5) is 28.9. The van der Waals surface area contributed by atoms with Crippen molar-refractivity contribution in [2.45, 2.75) is 13.5 Å². The van der Waals surface area contributed by atoms with Crippen LogP contribution in [0, 0.1) is 6.92 Å². The standard InChI is InChI=1S/C23H26N6O3/c1-17-24-25-26-29(17)21(14-18-8-6-5-7-9-18)23(31)32-16-22(30)28(4)15-19-10-12-20(13-11-19)27(2)3/h5-14H,15-16H2,1-4H3/b21-14-.